The quantitative estimate of drug-likeness (QED) is 0.386. The van der Waals surface area contributed by atoms with Crippen LogP contribution in [0.3, 0.4) is 0 Å². The molecule has 0 saturated heterocycles. The maximum atomic E-state index is 5.14. The molecule has 13 heavy (non-hydrogen) atoms. The number of hydrogen-bond acceptors (Lipinski definition) is 1. The van der Waals surface area contributed by atoms with Crippen molar-refractivity contribution in [3.63, 3.8) is 0 Å². The average molecular weight is 177 g/mol. The van der Waals surface area contributed by atoms with E-state index in [9.17, 15) is 0 Å². The van der Waals surface area contributed by atoms with Crippen LogP contribution in [0.25, 0.3) is 0 Å². The third kappa shape index (κ3) is 4.12. The smallest absolute Gasteiger partial charge is 0.187 e. The van der Waals surface area contributed by atoms with Crippen molar-refractivity contribution in [2.24, 2.45) is 16.5 Å². The van der Waals surface area contributed by atoms with E-state index in [1.807, 2.05) is 30.3 Å². The molecule has 0 aliphatic carbocycles. The Morgan fingerprint density at radius 3 is 2.46 bits per heavy atom. The predicted molar refractivity (Wildman–Crippen MR) is 53.0 cm³/mol. The molecule has 0 aliphatic heterocycles. The van der Waals surface area contributed by atoms with E-state index < -0.39 is 0 Å². The highest BCUT2D eigenvalue weighted by Gasteiger charge is 1.90. The van der Waals surface area contributed by atoms with Crippen LogP contribution in [-0.4, -0.2) is 12.6 Å². The van der Waals surface area contributed by atoms with E-state index >= 15 is 0 Å². The second-order valence-corrected chi connectivity index (χ2v) is 2.59. The van der Waals surface area contributed by atoms with Gasteiger partial charge >= 0.3 is 0 Å². The Hall–Kier alpha value is -1.55. The van der Waals surface area contributed by atoms with Crippen LogP contribution in [0.2, 0.25) is 0 Å². The van der Waals surface area contributed by atoms with E-state index in [1.54, 1.807) is 0 Å². The normalized spacial score (nSPS) is 9.54. The largest absolute Gasteiger partial charge is 0.370 e. The lowest BCUT2D eigenvalue weighted by Crippen LogP contribution is -2.24. The van der Waals surface area contributed by atoms with Gasteiger partial charge in [0, 0.05) is 6.54 Å². The van der Waals surface area contributed by atoms with Crippen molar-refractivity contribution in [3.05, 3.63) is 35.9 Å². The lowest BCUT2D eigenvalue weighted by molar-refractivity contribution is 0.693. The molecule has 0 atom stereocenters. The van der Waals surface area contributed by atoms with E-state index in [2.05, 4.69) is 10.3 Å². The fourth-order valence-corrected chi connectivity index (χ4v) is 0.894. The van der Waals surface area contributed by atoms with Gasteiger partial charge in [0.05, 0.1) is 0 Å². The van der Waals surface area contributed by atoms with Crippen molar-refractivity contribution in [1.82, 2.24) is 5.32 Å². The van der Waals surface area contributed by atoms with Gasteiger partial charge in [0.2, 0.25) is 0 Å². The third-order valence-corrected chi connectivity index (χ3v) is 1.49. The molecule has 0 aromatic heterocycles. The molecule has 0 bridgehead atoms. The predicted octanol–water partition coefficient (Wildman–Crippen LogP) is 0.0219. The second-order valence-electron chi connectivity index (χ2n) is 2.59. The number of guanidine groups is 1. The van der Waals surface area contributed by atoms with Crippen molar-refractivity contribution in [3.8, 4) is 0 Å². The summed E-state index contributed by atoms with van der Waals surface area (Å²) in [5, 5.41) is 4.13. The monoisotopic (exact) mass is 177 g/mol. The summed E-state index contributed by atoms with van der Waals surface area (Å²) in [7, 11) is 0. The molecule has 0 unspecified atom stereocenters. The van der Waals surface area contributed by atoms with Crippen LogP contribution in [0.1, 0.15) is 5.56 Å². The van der Waals surface area contributed by atoms with Gasteiger partial charge in [-0.25, -0.2) is 10.3 Å². The molecule has 1 aromatic rings. The van der Waals surface area contributed by atoms with Crippen LogP contribution in [0.5, 0.6) is 0 Å². The standard InChI is InChI=1S/C9H13N4/c10-9(11)13-7-12-6-8-4-2-1-3-5-8/h1-5H,6-7H2,(H4,10,11,13). The summed E-state index contributed by atoms with van der Waals surface area (Å²) >= 11 is 0. The fourth-order valence-electron chi connectivity index (χ4n) is 0.894. The minimum atomic E-state index is 0.0804. The molecule has 1 rings (SSSR count). The van der Waals surface area contributed by atoms with Crippen LogP contribution >= 0.6 is 0 Å². The highest BCUT2D eigenvalue weighted by Crippen LogP contribution is 1.97. The molecule has 1 radical (unpaired) electrons. The highest BCUT2D eigenvalue weighted by atomic mass is 15.1. The zero-order chi connectivity index (χ0) is 9.52. The summed E-state index contributed by atoms with van der Waals surface area (Å²) in [5.74, 6) is 0.0804. The molecule has 69 valence electrons. The molecule has 0 heterocycles. The summed E-state index contributed by atoms with van der Waals surface area (Å²) in [5.41, 5.74) is 11.4. The van der Waals surface area contributed by atoms with Crippen molar-refractivity contribution in [2.45, 2.75) is 6.54 Å². The van der Waals surface area contributed by atoms with Gasteiger partial charge in [-0.05, 0) is 5.56 Å². The van der Waals surface area contributed by atoms with E-state index in [1.165, 1.54) is 0 Å². The molecular formula is C9H13N4. The molecule has 1 aromatic carbocycles. The van der Waals surface area contributed by atoms with Crippen LogP contribution in [-0.2, 0) is 6.54 Å². The molecule has 0 fully saturated rings. The van der Waals surface area contributed by atoms with Gasteiger partial charge in [0.25, 0.3) is 0 Å². The first-order valence-corrected chi connectivity index (χ1v) is 4.01. The van der Waals surface area contributed by atoms with Crippen molar-refractivity contribution < 1.29 is 0 Å². The topological polar surface area (TPSA) is 78.5 Å². The van der Waals surface area contributed by atoms with Crippen LogP contribution in [0, 0.1) is 0 Å². The van der Waals surface area contributed by atoms with Crippen molar-refractivity contribution in [2.75, 3.05) is 6.67 Å². The number of rotatable bonds is 4. The van der Waals surface area contributed by atoms with Crippen molar-refractivity contribution >= 4 is 5.96 Å². The maximum absolute atomic E-state index is 5.14. The summed E-state index contributed by atoms with van der Waals surface area (Å²) in [4.78, 5) is 3.75. The Morgan fingerprint density at radius 2 is 1.85 bits per heavy atom. The summed E-state index contributed by atoms with van der Waals surface area (Å²) in [6, 6.07) is 9.95. The minimum absolute atomic E-state index is 0.0804. The van der Waals surface area contributed by atoms with E-state index in [0.29, 0.717) is 13.2 Å². The first kappa shape index (κ1) is 9.54. The van der Waals surface area contributed by atoms with Gasteiger partial charge in [0.15, 0.2) is 5.96 Å². The Bertz CT molecular complexity index is 264. The Labute approximate surface area is 77.7 Å². The van der Waals surface area contributed by atoms with E-state index in [0.717, 1.165) is 5.56 Å². The van der Waals surface area contributed by atoms with Crippen molar-refractivity contribution in [1.29, 1.82) is 0 Å². The Kier molecular flexibility index (Phi) is 3.78. The molecule has 0 saturated carbocycles. The van der Waals surface area contributed by atoms with Gasteiger partial charge < -0.3 is 11.5 Å². The number of benzene rings is 1. The lowest BCUT2D eigenvalue weighted by atomic mass is 10.2. The highest BCUT2D eigenvalue weighted by molar-refractivity contribution is 5.75. The Balaban J connectivity index is 2.25. The molecule has 0 spiro atoms. The van der Waals surface area contributed by atoms with Gasteiger partial charge in [0.1, 0.15) is 6.67 Å². The molecule has 0 aliphatic rings. The molecule has 0 amide bonds. The Morgan fingerprint density at radius 1 is 1.15 bits per heavy atom. The molecule has 4 N–H and O–H groups in total. The molecule has 4 nitrogen and oxygen atoms in total. The second kappa shape index (κ2) is 5.16. The number of aliphatic imine (C=N–C) groups is 1. The van der Waals surface area contributed by atoms with E-state index in [-0.39, 0.29) is 5.96 Å². The van der Waals surface area contributed by atoms with Gasteiger partial charge in [-0.1, -0.05) is 30.3 Å². The van der Waals surface area contributed by atoms with Gasteiger partial charge in [-0.3, -0.25) is 0 Å². The van der Waals surface area contributed by atoms with Crippen LogP contribution in [0.15, 0.2) is 35.3 Å². The molecule has 4 heteroatoms. The van der Waals surface area contributed by atoms with Gasteiger partial charge in [-0.2, -0.15) is 0 Å². The zero-order valence-corrected chi connectivity index (χ0v) is 7.35. The zero-order valence-electron chi connectivity index (χ0n) is 7.35. The lowest BCUT2D eigenvalue weighted by Gasteiger charge is -1.98. The van der Waals surface area contributed by atoms with Gasteiger partial charge in [-0.15, -0.1) is 0 Å². The van der Waals surface area contributed by atoms with Crippen LogP contribution in [0.4, 0.5) is 0 Å². The number of hydrogen-bond donors (Lipinski definition) is 2. The average Bonchev–Trinajstić information content (AvgIpc) is 2.14. The first-order chi connectivity index (χ1) is 6.29. The SMILES string of the molecule is NC(N)=NC[N]Cc1ccccc1. The minimum Gasteiger partial charge on any atom is -0.370 e. The number of nitrogens with two attached hydrogens (primary N) is 2. The van der Waals surface area contributed by atoms with Crippen LogP contribution < -0.4 is 16.8 Å². The summed E-state index contributed by atoms with van der Waals surface area (Å²) < 4.78 is 0. The number of nitrogens with zero attached hydrogens (tertiary/aromatic N) is 2. The molecular weight excluding hydrogens is 164 g/mol. The maximum Gasteiger partial charge on any atom is 0.187 e. The first-order valence-electron chi connectivity index (χ1n) is 4.01. The summed E-state index contributed by atoms with van der Waals surface area (Å²) in [6.45, 7) is 0.981. The van der Waals surface area contributed by atoms with E-state index in [4.69, 9.17) is 11.5 Å². The summed E-state index contributed by atoms with van der Waals surface area (Å²) in [6.07, 6.45) is 0. The fraction of sp³-hybridized carbons (Fsp3) is 0.222. The third-order valence-electron chi connectivity index (χ3n) is 1.49.